The van der Waals surface area contributed by atoms with Gasteiger partial charge in [0.2, 0.25) is 0 Å². The highest BCUT2D eigenvalue weighted by molar-refractivity contribution is 6.00. The van der Waals surface area contributed by atoms with Gasteiger partial charge in [0.15, 0.2) is 0 Å². The van der Waals surface area contributed by atoms with Crippen molar-refractivity contribution in [3.05, 3.63) is 76.4 Å². The number of rotatable bonds is 8. The fourth-order valence-corrected chi connectivity index (χ4v) is 3.38. The number of hydrogen-bond donors (Lipinski definition) is 2. The lowest BCUT2D eigenvalue weighted by atomic mass is 10.0. The minimum Gasteiger partial charge on any atom is -0.460 e. The van der Waals surface area contributed by atoms with Gasteiger partial charge in [0.1, 0.15) is 30.0 Å². The molecule has 3 rings (SSSR count). The molecular formula is C22H25FN4O4. The number of methoxy groups -OCH3 is 1. The fourth-order valence-electron chi connectivity index (χ4n) is 3.38. The lowest BCUT2D eigenvalue weighted by molar-refractivity contribution is 0.0387. The quantitative estimate of drug-likeness (QED) is 0.425. The number of carbonyl (C=O) groups excluding carboxylic acids is 2. The molecule has 0 saturated carbocycles. The lowest BCUT2D eigenvalue weighted by Gasteiger charge is -2.19. The number of carbonyl (C=O) groups is 2. The summed E-state index contributed by atoms with van der Waals surface area (Å²) in [6.07, 6.45) is 3.38. The Balaban J connectivity index is 1.89. The summed E-state index contributed by atoms with van der Waals surface area (Å²) in [6, 6.07) is 5.24. The van der Waals surface area contributed by atoms with E-state index in [1.165, 1.54) is 19.2 Å². The van der Waals surface area contributed by atoms with E-state index in [1.54, 1.807) is 42.9 Å². The van der Waals surface area contributed by atoms with Crippen LogP contribution < -0.4 is 5.32 Å². The van der Waals surface area contributed by atoms with Gasteiger partial charge in [0.05, 0.1) is 12.2 Å². The van der Waals surface area contributed by atoms with Gasteiger partial charge in [-0.25, -0.2) is 14.2 Å². The second-order valence-electron chi connectivity index (χ2n) is 7.11. The first-order chi connectivity index (χ1) is 14.8. The first-order valence-electron chi connectivity index (χ1n) is 9.72. The normalized spacial score (nSPS) is 11.9. The van der Waals surface area contributed by atoms with Gasteiger partial charge >= 0.3 is 5.97 Å². The van der Waals surface area contributed by atoms with E-state index < -0.39 is 17.9 Å². The summed E-state index contributed by atoms with van der Waals surface area (Å²) in [7, 11) is 3.32. The van der Waals surface area contributed by atoms with Crippen LogP contribution in [0.15, 0.2) is 36.7 Å². The Kier molecular flexibility index (Phi) is 6.86. The minimum absolute atomic E-state index is 0.118. The maximum atomic E-state index is 13.4. The SMILES string of the molecule is COCCOC(=O)c1c(C)[nH]c(C(=O)NC(c2ccc(F)cc2)c2nccn2C)c1C. The molecule has 2 heterocycles. The molecule has 1 unspecified atom stereocenters. The van der Waals surface area contributed by atoms with E-state index in [-0.39, 0.29) is 24.7 Å². The van der Waals surface area contributed by atoms with Crippen LogP contribution in [0.2, 0.25) is 0 Å². The molecule has 0 bridgehead atoms. The molecule has 164 valence electrons. The summed E-state index contributed by atoms with van der Waals surface area (Å²) in [5, 5.41) is 2.94. The third-order valence-corrected chi connectivity index (χ3v) is 4.98. The number of ether oxygens (including phenoxy) is 2. The van der Waals surface area contributed by atoms with E-state index in [0.29, 0.717) is 28.2 Å². The van der Waals surface area contributed by atoms with Crippen molar-refractivity contribution < 1.29 is 23.5 Å². The van der Waals surface area contributed by atoms with Gasteiger partial charge in [-0.05, 0) is 37.1 Å². The smallest absolute Gasteiger partial charge is 0.340 e. The number of H-pyrrole nitrogens is 1. The van der Waals surface area contributed by atoms with Crippen molar-refractivity contribution in [3.8, 4) is 0 Å². The molecule has 31 heavy (non-hydrogen) atoms. The zero-order valence-electron chi connectivity index (χ0n) is 17.9. The topological polar surface area (TPSA) is 98.2 Å². The number of aromatic amines is 1. The number of benzene rings is 1. The number of imidazole rings is 1. The third kappa shape index (κ3) is 4.83. The molecule has 2 aromatic heterocycles. The molecule has 1 atom stereocenters. The highest BCUT2D eigenvalue weighted by Crippen LogP contribution is 2.24. The molecule has 8 nitrogen and oxygen atoms in total. The minimum atomic E-state index is -0.617. The summed E-state index contributed by atoms with van der Waals surface area (Å²) in [5.41, 5.74) is 2.24. The second-order valence-corrected chi connectivity index (χ2v) is 7.11. The van der Waals surface area contributed by atoms with Crippen LogP contribution in [0.3, 0.4) is 0 Å². The molecule has 0 aliphatic rings. The van der Waals surface area contributed by atoms with Crippen molar-refractivity contribution >= 4 is 11.9 Å². The zero-order valence-corrected chi connectivity index (χ0v) is 17.9. The molecule has 1 aromatic carbocycles. The van der Waals surface area contributed by atoms with Crippen molar-refractivity contribution in [1.82, 2.24) is 19.9 Å². The first-order valence-corrected chi connectivity index (χ1v) is 9.72. The number of hydrogen-bond acceptors (Lipinski definition) is 5. The van der Waals surface area contributed by atoms with Gasteiger partial charge in [0.25, 0.3) is 5.91 Å². The number of esters is 1. The van der Waals surface area contributed by atoms with Gasteiger partial charge < -0.3 is 24.3 Å². The van der Waals surface area contributed by atoms with E-state index in [1.807, 2.05) is 7.05 Å². The number of halogens is 1. The van der Waals surface area contributed by atoms with Gasteiger partial charge in [-0.1, -0.05) is 12.1 Å². The van der Waals surface area contributed by atoms with Gasteiger partial charge in [-0.2, -0.15) is 0 Å². The van der Waals surface area contributed by atoms with E-state index >= 15 is 0 Å². The number of aryl methyl sites for hydroxylation is 2. The average molecular weight is 428 g/mol. The molecule has 0 fully saturated rings. The Labute approximate surface area is 179 Å². The van der Waals surface area contributed by atoms with Gasteiger partial charge in [-0.3, -0.25) is 4.79 Å². The van der Waals surface area contributed by atoms with Crippen LogP contribution >= 0.6 is 0 Å². The van der Waals surface area contributed by atoms with Crippen molar-refractivity contribution in [3.63, 3.8) is 0 Å². The number of nitrogens with zero attached hydrogens (tertiary/aromatic N) is 2. The Hall–Kier alpha value is -3.46. The Morgan fingerprint density at radius 3 is 2.55 bits per heavy atom. The van der Waals surface area contributed by atoms with Crippen LogP contribution in [0.1, 0.15) is 49.5 Å². The second kappa shape index (κ2) is 9.57. The Morgan fingerprint density at radius 1 is 1.23 bits per heavy atom. The molecule has 0 aliphatic heterocycles. The lowest BCUT2D eigenvalue weighted by Crippen LogP contribution is -2.31. The Bertz CT molecular complexity index is 1070. The molecule has 3 aromatic rings. The van der Waals surface area contributed by atoms with Gasteiger partial charge in [-0.15, -0.1) is 0 Å². The fraction of sp³-hybridized carbons (Fsp3) is 0.318. The number of amides is 1. The molecule has 0 aliphatic carbocycles. The zero-order chi connectivity index (χ0) is 22.5. The summed E-state index contributed by atoms with van der Waals surface area (Å²) in [4.78, 5) is 32.9. The van der Waals surface area contributed by atoms with Crippen molar-refractivity contribution in [2.24, 2.45) is 7.05 Å². The first kappa shape index (κ1) is 22.2. The van der Waals surface area contributed by atoms with Gasteiger partial charge in [0, 0.05) is 32.2 Å². The summed E-state index contributed by atoms with van der Waals surface area (Å²) < 4.78 is 25.3. The van der Waals surface area contributed by atoms with E-state index in [4.69, 9.17) is 9.47 Å². The Morgan fingerprint density at radius 2 is 1.94 bits per heavy atom. The molecule has 0 saturated heterocycles. The highest BCUT2D eigenvalue weighted by Gasteiger charge is 2.26. The number of nitrogens with one attached hydrogen (secondary N) is 2. The predicted octanol–water partition coefficient (Wildman–Crippen LogP) is 2.83. The van der Waals surface area contributed by atoms with Crippen LogP contribution in [0.25, 0.3) is 0 Å². The van der Waals surface area contributed by atoms with Crippen LogP contribution in [0.4, 0.5) is 4.39 Å². The summed E-state index contributed by atoms with van der Waals surface area (Å²) in [6.45, 7) is 3.78. The highest BCUT2D eigenvalue weighted by atomic mass is 19.1. The van der Waals surface area contributed by atoms with E-state index in [0.717, 1.165) is 0 Å². The average Bonchev–Trinajstić information content (AvgIpc) is 3.29. The maximum absolute atomic E-state index is 13.4. The van der Waals surface area contributed by atoms with E-state index in [2.05, 4.69) is 15.3 Å². The van der Waals surface area contributed by atoms with Crippen molar-refractivity contribution in [2.45, 2.75) is 19.9 Å². The summed E-state index contributed by atoms with van der Waals surface area (Å²) >= 11 is 0. The van der Waals surface area contributed by atoms with Crippen molar-refractivity contribution in [2.75, 3.05) is 20.3 Å². The summed E-state index contributed by atoms with van der Waals surface area (Å²) in [5.74, 6) is -0.739. The standard InChI is InChI=1S/C22H25FN4O4/c1-13-17(22(29)31-12-11-30-4)14(2)25-18(13)21(28)26-19(20-24-9-10-27(20)3)15-5-7-16(23)8-6-15/h5-10,19,25H,11-12H2,1-4H3,(H,26,28). The maximum Gasteiger partial charge on any atom is 0.340 e. The molecule has 1 amide bonds. The molecule has 0 spiro atoms. The number of aromatic nitrogens is 3. The molecule has 9 heteroatoms. The molecular weight excluding hydrogens is 403 g/mol. The van der Waals surface area contributed by atoms with Crippen LogP contribution in [0, 0.1) is 19.7 Å². The third-order valence-electron chi connectivity index (χ3n) is 4.98. The van der Waals surface area contributed by atoms with E-state index in [9.17, 15) is 14.0 Å². The predicted molar refractivity (Wildman–Crippen MR) is 111 cm³/mol. The molecule has 2 N–H and O–H groups in total. The van der Waals surface area contributed by atoms with Crippen LogP contribution in [-0.2, 0) is 16.5 Å². The largest absolute Gasteiger partial charge is 0.460 e. The van der Waals surface area contributed by atoms with Crippen LogP contribution in [0.5, 0.6) is 0 Å². The molecule has 0 radical (unpaired) electrons. The van der Waals surface area contributed by atoms with Crippen LogP contribution in [-0.4, -0.2) is 46.7 Å². The van der Waals surface area contributed by atoms with Crippen molar-refractivity contribution in [1.29, 1.82) is 0 Å². The monoisotopic (exact) mass is 428 g/mol.